The molecule has 0 amide bonds. The Morgan fingerprint density at radius 1 is 1.55 bits per heavy atom. The standard InChI is InChI=1S/C17H24O3/c1-5-7-12-11-17(15(19)20-4)13(10-14(12)18)8-6-9-16(17,2)3/h5,10,12H,1,6-9,11H2,2-4H3/t12-,17+/m1/s1. The van der Waals surface area contributed by atoms with Gasteiger partial charge in [-0.3, -0.25) is 9.59 Å². The summed E-state index contributed by atoms with van der Waals surface area (Å²) >= 11 is 0. The first-order valence-electron chi connectivity index (χ1n) is 7.33. The van der Waals surface area contributed by atoms with Crippen LogP contribution in [0.15, 0.2) is 24.3 Å². The van der Waals surface area contributed by atoms with Gasteiger partial charge in [-0.1, -0.05) is 19.9 Å². The Balaban J connectivity index is 2.55. The largest absolute Gasteiger partial charge is 0.468 e. The van der Waals surface area contributed by atoms with E-state index in [-0.39, 0.29) is 23.1 Å². The van der Waals surface area contributed by atoms with E-state index in [0.717, 1.165) is 24.8 Å². The monoisotopic (exact) mass is 276 g/mol. The molecule has 1 saturated carbocycles. The lowest BCUT2D eigenvalue weighted by Gasteiger charge is -2.52. The maximum Gasteiger partial charge on any atom is 0.316 e. The summed E-state index contributed by atoms with van der Waals surface area (Å²) in [7, 11) is 1.44. The second-order valence-corrected chi connectivity index (χ2v) is 6.63. The fourth-order valence-electron chi connectivity index (χ4n) is 4.01. The number of esters is 1. The molecule has 0 aromatic rings. The summed E-state index contributed by atoms with van der Waals surface area (Å²) in [6.07, 6.45) is 7.50. The molecule has 0 aromatic carbocycles. The van der Waals surface area contributed by atoms with Gasteiger partial charge in [0.2, 0.25) is 0 Å². The zero-order valence-electron chi connectivity index (χ0n) is 12.7. The van der Waals surface area contributed by atoms with E-state index in [1.165, 1.54) is 7.11 Å². The van der Waals surface area contributed by atoms with Crippen LogP contribution in [0.2, 0.25) is 0 Å². The highest BCUT2D eigenvalue weighted by Gasteiger charge is 2.58. The van der Waals surface area contributed by atoms with Crippen LogP contribution in [0, 0.1) is 16.7 Å². The summed E-state index contributed by atoms with van der Waals surface area (Å²) in [6, 6.07) is 0. The number of hydrogen-bond donors (Lipinski definition) is 0. The molecule has 0 saturated heterocycles. The van der Waals surface area contributed by atoms with E-state index in [1.54, 1.807) is 12.2 Å². The molecule has 2 atom stereocenters. The van der Waals surface area contributed by atoms with Crippen molar-refractivity contribution in [2.45, 2.75) is 46.0 Å². The second-order valence-electron chi connectivity index (χ2n) is 6.63. The summed E-state index contributed by atoms with van der Waals surface area (Å²) in [5, 5.41) is 0. The van der Waals surface area contributed by atoms with Gasteiger partial charge in [-0.25, -0.2) is 0 Å². The highest BCUT2D eigenvalue weighted by molar-refractivity contribution is 5.97. The van der Waals surface area contributed by atoms with E-state index < -0.39 is 5.41 Å². The normalized spacial score (nSPS) is 32.0. The van der Waals surface area contributed by atoms with Gasteiger partial charge < -0.3 is 4.74 Å². The number of rotatable bonds is 3. The van der Waals surface area contributed by atoms with Crippen molar-refractivity contribution in [1.29, 1.82) is 0 Å². The Hall–Kier alpha value is -1.38. The number of ketones is 1. The molecule has 2 aliphatic carbocycles. The van der Waals surface area contributed by atoms with Crippen LogP contribution >= 0.6 is 0 Å². The molecule has 0 bridgehead atoms. The molecular weight excluding hydrogens is 252 g/mol. The molecule has 0 heterocycles. The number of allylic oxidation sites excluding steroid dienone is 2. The van der Waals surface area contributed by atoms with Gasteiger partial charge in [0, 0.05) is 5.92 Å². The van der Waals surface area contributed by atoms with Crippen LogP contribution in [0.3, 0.4) is 0 Å². The van der Waals surface area contributed by atoms with Gasteiger partial charge in [-0.15, -0.1) is 6.58 Å². The lowest BCUT2D eigenvalue weighted by molar-refractivity contribution is -0.162. The fraction of sp³-hybridized carbons (Fsp3) is 0.647. The molecule has 110 valence electrons. The van der Waals surface area contributed by atoms with Crippen LogP contribution in [-0.2, 0) is 14.3 Å². The third-order valence-corrected chi connectivity index (χ3v) is 5.21. The van der Waals surface area contributed by atoms with E-state index in [0.29, 0.717) is 12.8 Å². The van der Waals surface area contributed by atoms with Crippen LogP contribution in [0.5, 0.6) is 0 Å². The van der Waals surface area contributed by atoms with Crippen LogP contribution in [0.25, 0.3) is 0 Å². The minimum atomic E-state index is -0.637. The number of carbonyl (C=O) groups is 2. The average Bonchev–Trinajstić information content (AvgIpc) is 2.39. The average molecular weight is 276 g/mol. The van der Waals surface area contributed by atoms with E-state index in [9.17, 15) is 9.59 Å². The molecule has 2 rings (SSSR count). The Kier molecular flexibility index (Phi) is 3.90. The summed E-state index contributed by atoms with van der Waals surface area (Å²) in [4.78, 5) is 24.8. The van der Waals surface area contributed by atoms with Crippen LogP contribution < -0.4 is 0 Å². The minimum absolute atomic E-state index is 0.136. The van der Waals surface area contributed by atoms with E-state index in [2.05, 4.69) is 20.4 Å². The van der Waals surface area contributed by atoms with E-state index in [4.69, 9.17) is 4.74 Å². The van der Waals surface area contributed by atoms with Crippen LogP contribution in [0.1, 0.15) is 46.0 Å². The zero-order valence-corrected chi connectivity index (χ0v) is 12.7. The van der Waals surface area contributed by atoms with Crippen LogP contribution in [-0.4, -0.2) is 18.9 Å². The molecule has 3 nitrogen and oxygen atoms in total. The molecule has 0 unspecified atom stereocenters. The van der Waals surface area contributed by atoms with Crippen LogP contribution in [0.4, 0.5) is 0 Å². The first-order valence-corrected chi connectivity index (χ1v) is 7.33. The lowest BCUT2D eigenvalue weighted by Crippen LogP contribution is -2.52. The summed E-state index contributed by atoms with van der Waals surface area (Å²) < 4.78 is 5.13. The maximum absolute atomic E-state index is 12.6. The van der Waals surface area contributed by atoms with Crippen molar-refractivity contribution >= 4 is 11.8 Å². The van der Waals surface area contributed by atoms with Gasteiger partial charge in [-0.05, 0) is 49.2 Å². The molecule has 0 spiro atoms. The summed E-state index contributed by atoms with van der Waals surface area (Å²) in [6.45, 7) is 7.97. The number of fused-ring (bicyclic) bond motifs is 1. The zero-order chi connectivity index (χ0) is 15.0. The number of methoxy groups -OCH3 is 1. The highest BCUT2D eigenvalue weighted by atomic mass is 16.5. The van der Waals surface area contributed by atoms with Gasteiger partial charge in [0.25, 0.3) is 0 Å². The predicted octanol–water partition coefficient (Wildman–Crippen LogP) is 3.45. The maximum atomic E-state index is 12.6. The van der Waals surface area contributed by atoms with E-state index in [1.807, 2.05) is 0 Å². The number of ether oxygens (including phenoxy) is 1. The molecule has 0 N–H and O–H groups in total. The third-order valence-electron chi connectivity index (χ3n) is 5.21. The Morgan fingerprint density at radius 2 is 2.25 bits per heavy atom. The minimum Gasteiger partial charge on any atom is -0.468 e. The van der Waals surface area contributed by atoms with E-state index >= 15 is 0 Å². The molecule has 2 aliphatic rings. The van der Waals surface area contributed by atoms with Crippen molar-refractivity contribution in [3.05, 3.63) is 24.3 Å². The first-order chi connectivity index (χ1) is 9.39. The smallest absolute Gasteiger partial charge is 0.316 e. The Morgan fingerprint density at radius 3 is 2.85 bits per heavy atom. The highest BCUT2D eigenvalue weighted by Crippen LogP contribution is 2.59. The van der Waals surface area contributed by atoms with Gasteiger partial charge in [0.15, 0.2) is 5.78 Å². The van der Waals surface area contributed by atoms with Gasteiger partial charge in [0.1, 0.15) is 0 Å². The first kappa shape index (κ1) is 15.0. The molecule has 20 heavy (non-hydrogen) atoms. The van der Waals surface area contributed by atoms with Gasteiger partial charge in [0.05, 0.1) is 12.5 Å². The van der Waals surface area contributed by atoms with Crippen molar-refractivity contribution in [1.82, 2.24) is 0 Å². The second kappa shape index (κ2) is 5.19. The van der Waals surface area contributed by atoms with Gasteiger partial charge >= 0.3 is 5.97 Å². The lowest BCUT2D eigenvalue weighted by atomic mass is 9.50. The summed E-state index contributed by atoms with van der Waals surface area (Å²) in [5.74, 6) is -0.195. The quantitative estimate of drug-likeness (QED) is 0.586. The van der Waals surface area contributed by atoms with Crippen molar-refractivity contribution in [3.8, 4) is 0 Å². The molecular formula is C17H24O3. The van der Waals surface area contributed by atoms with Crippen molar-refractivity contribution in [2.75, 3.05) is 7.11 Å². The molecule has 0 aromatic heterocycles. The fourth-order valence-corrected chi connectivity index (χ4v) is 4.01. The number of carbonyl (C=O) groups excluding carboxylic acids is 2. The van der Waals surface area contributed by atoms with Gasteiger partial charge in [-0.2, -0.15) is 0 Å². The Bertz CT molecular complexity index is 473. The SMILES string of the molecule is C=CC[C@@H]1C[C@@]2(C(=O)OC)C(=CC1=O)CCCC2(C)C. The topological polar surface area (TPSA) is 43.4 Å². The predicted molar refractivity (Wildman–Crippen MR) is 78.1 cm³/mol. The molecule has 3 heteroatoms. The van der Waals surface area contributed by atoms with Crippen molar-refractivity contribution in [3.63, 3.8) is 0 Å². The molecule has 1 fully saturated rings. The molecule has 0 aliphatic heterocycles. The molecule has 0 radical (unpaired) electrons. The summed E-state index contributed by atoms with van der Waals surface area (Å²) in [5.41, 5.74) is 0.164. The Labute approximate surface area is 121 Å². The van der Waals surface area contributed by atoms with Crippen molar-refractivity contribution < 1.29 is 14.3 Å². The number of hydrogen-bond acceptors (Lipinski definition) is 3. The van der Waals surface area contributed by atoms with Crippen molar-refractivity contribution in [2.24, 2.45) is 16.7 Å². The third kappa shape index (κ3) is 2.04.